The van der Waals surface area contributed by atoms with Gasteiger partial charge in [0.05, 0.1) is 16.9 Å². The van der Waals surface area contributed by atoms with Crippen LogP contribution in [0.5, 0.6) is 0 Å². The fourth-order valence-corrected chi connectivity index (χ4v) is 5.83. The second kappa shape index (κ2) is 11.6. The summed E-state index contributed by atoms with van der Waals surface area (Å²) in [6.07, 6.45) is 11.8. The van der Waals surface area contributed by atoms with Crippen molar-refractivity contribution in [3.8, 4) is 22.6 Å². The van der Waals surface area contributed by atoms with Crippen LogP contribution >= 0.6 is 0 Å². The maximum absolute atomic E-state index is 14.8. The van der Waals surface area contributed by atoms with Crippen molar-refractivity contribution in [2.75, 3.05) is 19.6 Å². The second-order valence-electron chi connectivity index (χ2n) is 10.7. The van der Waals surface area contributed by atoms with E-state index < -0.39 is 0 Å². The fraction of sp³-hybridized carbons (Fsp3) is 0.235. The van der Waals surface area contributed by atoms with Gasteiger partial charge < -0.3 is 15.6 Å². The summed E-state index contributed by atoms with van der Waals surface area (Å²) in [6, 6.07) is 15.5. The minimum Gasteiger partial charge on any atom is -0.399 e. The molecule has 2 aromatic carbocycles. The third-order valence-electron chi connectivity index (χ3n) is 7.94. The van der Waals surface area contributed by atoms with E-state index in [-0.39, 0.29) is 5.82 Å². The minimum absolute atomic E-state index is 0.231. The number of hydrogen-bond donors (Lipinski definition) is 3. The summed E-state index contributed by atoms with van der Waals surface area (Å²) in [4.78, 5) is 10.7. The largest absolute Gasteiger partial charge is 0.399 e. The van der Waals surface area contributed by atoms with Gasteiger partial charge in [-0.1, -0.05) is 18.7 Å². The molecule has 0 spiro atoms. The van der Waals surface area contributed by atoms with Gasteiger partial charge in [0.1, 0.15) is 11.5 Å². The first-order valence-corrected chi connectivity index (χ1v) is 14.3. The van der Waals surface area contributed by atoms with Crippen molar-refractivity contribution in [3.63, 3.8) is 0 Å². The molecule has 1 aliphatic heterocycles. The highest BCUT2D eigenvalue weighted by Crippen LogP contribution is 2.34. The van der Waals surface area contributed by atoms with E-state index >= 15 is 0 Å². The van der Waals surface area contributed by atoms with Crippen molar-refractivity contribution in [1.82, 2.24) is 25.1 Å². The zero-order valence-corrected chi connectivity index (χ0v) is 23.4. The number of aryl methyl sites for hydroxylation is 1. The average molecular weight is 547 g/mol. The summed E-state index contributed by atoms with van der Waals surface area (Å²) in [7, 11) is 0. The first-order valence-electron chi connectivity index (χ1n) is 14.3. The van der Waals surface area contributed by atoms with E-state index in [1.54, 1.807) is 24.4 Å². The number of pyridine rings is 1. The van der Waals surface area contributed by atoms with Crippen LogP contribution in [0.2, 0.25) is 0 Å². The van der Waals surface area contributed by atoms with E-state index in [0.717, 1.165) is 80.5 Å². The molecule has 1 aliphatic rings. The number of hydrogen-bond acceptors (Lipinski definition) is 4. The van der Waals surface area contributed by atoms with Gasteiger partial charge in [-0.05, 0) is 124 Å². The third kappa shape index (κ3) is 5.58. The normalized spacial score (nSPS) is 14.9. The molecule has 1 fully saturated rings. The summed E-state index contributed by atoms with van der Waals surface area (Å²) in [5.41, 5.74) is 14.7. The predicted molar refractivity (Wildman–Crippen MR) is 167 cm³/mol. The van der Waals surface area contributed by atoms with Gasteiger partial charge in [0.25, 0.3) is 0 Å². The van der Waals surface area contributed by atoms with Crippen molar-refractivity contribution in [2.24, 2.45) is 5.73 Å². The van der Waals surface area contributed by atoms with Gasteiger partial charge in [-0.15, -0.1) is 0 Å². The van der Waals surface area contributed by atoms with Crippen LogP contribution in [-0.2, 0) is 6.42 Å². The van der Waals surface area contributed by atoms with Crippen LogP contribution < -0.4 is 5.73 Å². The van der Waals surface area contributed by atoms with E-state index in [1.165, 1.54) is 25.9 Å². The number of aromatic amines is 2. The van der Waals surface area contributed by atoms with Gasteiger partial charge >= 0.3 is 0 Å². The molecule has 0 radical (unpaired) electrons. The van der Waals surface area contributed by atoms with Crippen molar-refractivity contribution in [1.29, 1.82) is 0 Å². The van der Waals surface area contributed by atoms with Gasteiger partial charge in [-0.2, -0.15) is 5.10 Å². The summed E-state index contributed by atoms with van der Waals surface area (Å²) < 4.78 is 14.8. The Hall–Kier alpha value is -4.49. The number of aromatic nitrogens is 4. The third-order valence-corrected chi connectivity index (χ3v) is 7.94. The molecule has 0 aliphatic carbocycles. The SMILES string of the molecule is C=C/C(N)=C\C(=C/C)c1ccc2[nH]nc(-c3cc4c(-c5cc(F)cc(CCCN6CCCC6)c5)nccc4[nH]3)c2c1. The highest BCUT2D eigenvalue weighted by atomic mass is 19.1. The Kier molecular flexibility index (Phi) is 7.53. The van der Waals surface area contributed by atoms with Crippen LogP contribution in [0.15, 0.2) is 85.2 Å². The topological polar surface area (TPSA) is 86.6 Å². The van der Waals surface area contributed by atoms with Crippen molar-refractivity contribution in [3.05, 3.63) is 102 Å². The number of rotatable bonds is 9. The number of benzene rings is 2. The first kappa shape index (κ1) is 26.7. The Bertz CT molecular complexity index is 1780. The summed E-state index contributed by atoms with van der Waals surface area (Å²) in [5, 5.41) is 9.71. The summed E-state index contributed by atoms with van der Waals surface area (Å²) in [5.74, 6) is -0.231. The summed E-state index contributed by atoms with van der Waals surface area (Å²) >= 11 is 0. The molecule has 4 heterocycles. The highest BCUT2D eigenvalue weighted by Gasteiger charge is 2.16. The van der Waals surface area contributed by atoms with Crippen LogP contribution in [-0.4, -0.2) is 44.7 Å². The molecule has 208 valence electrons. The zero-order valence-electron chi connectivity index (χ0n) is 23.4. The Morgan fingerprint density at radius 1 is 1.05 bits per heavy atom. The number of nitrogens with two attached hydrogens (primary N) is 1. The molecule has 0 amide bonds. The number of halogens is 1. The minimum atomic E-state index is -0.231. The molecule has 0 saturated carbocycles. The van der Waals surface area contributed by atoms with Crippen LogP contribution in [0.4, 0.5) is 4.39 Å². The lowest BCUT2D eigenvalue weighted by Gasteiger charge is -2.14. The molecule has 0 atom stereocenters. The van der Waals surface area contributed by atoms with Crippen LogP contribution in [0, 0.1) is 5.82 Å². The van der Waals surface area contributed by atoms with Gasteiger partial charge in [0.2, 0.25) is 0 Å². The molecule has 4 N–H and O–H groups in total. The molecule has 1 saturated heterocycles. The molecule has 7 heteroatoms. The number of allylic oxidation sites excluding steroid dienone is 4. The highest BCUT2D eigenvalue weighted by molar-refractivity contribution is 6.00. The lowest BCUT2D eigenvalue weighted by atomic mass is 10.0. The van der Waals surface area contributed by atoms with Gasteiger partial charge in [0.15, 0.2) is 0 Å². The molecule has 41 heavy (non-hydrogen) atoms. The quantitative estimate of drug-likeness (QED) is 0.168. The Balaban J connectivity index is 1.34. The van der Waals surface area contributed by atoms with Gasteiger partial charge in [0, 0.05) is 33.7 Å². The maximum Gasteiger partial charge on any atom is 0.124 e. The van der Waals surface area contributed by atoms with E-state index in [9.17, 15) is 4.39 Å². The molecular weight excluding hydrogens is 511 g/mol. The number of likely N-dealkylation sites (tertiary alicyclic amines) is 1. The van der Waals surface area contributed by atoms with Crippen LogP contribution in [0.3, 0.4) is 0 Å². The Morgan fingerprint density at radius 3 is 2.68 bits per heavy atom. The number of fused-ring (bicyclic) bond motifs is 2. The molecule has 6 nitrogen and oxygen atoms in total. The second-order valence-corrected chi connectivity index (χ2v) is 10.7. The molecule has 6 rings (SSSR count). The number of H-pyrrole nitrogens is 2. The molecule has 5 aromatic rings. The van der Waals surface area contributed by atoms with E-state index in [0.29, 0.717) is 5.70 Å². The number of nitrogens with one attached hydrogen (secondary N) is 2. The van der Waals surface area contributed by atoms with Crippen molar-refractivity contribution < 1.29 is 4.39 Å². The smallest absolute Gasteiger partial charge is 0.124 e. The predicted octanol–water partition coefficient (Wildman–Crippen LogP) is 7.37. The Labute approximate surface area is 239 Å². The average Bonchev–Trinajstić information content (AvgIpc) is 3.74. The maximum atomic E-state index is 14.8. The molecule has 0 bridgehead atoms. The molecular formula is C34H35FN6. The fourth-order valence-electron chi connectivity index (χ4n) is 5.83. The lowest BCUT2D eigenvalue weighted by molar-refractivity contribution is 0.334. The van der Waals surface area contributed by atoms with E-state index in [2.05, 4.69) is 49.8 Å². The molecule has 3 aromatic heterocycles. The summed E-state index contributed by atoms with van der Waals surface area (Å²) in [6.45, 7) is 9.17. The van der Waals surface area contributed by atoms with E-state index in [1.807, 2.05) is 37.3 Å². The monoisotopic (exact) mass is 546 g/mol. The number of nitrogens with zero attached hydrogens (tertiary/aromatic N) is 3. The first-order chi connectivity index (χ1) is 20.0. The standard InChI is InChI=1S/C34H35FN6/c1-3-23(19-27(36)4-2)24-9-10-31-28(20-24)34(40-39-31)32-21-29-30(38-32)11-12-37-33(29)25-16-22(17-26(35)18-25)8-7-15-41-13-5-6-14-41/h3-4,9-12,16-21,38H,2,5-8,13-15,36H2,1H3,(H,39,40)/b23-3+,27-19+. The zero-order chi connectivity index (χ0) is 28.3. The van der Waals surface area contributed by atoms with Gasteiger partial charge in [-0.25, -0.2) is 4.39 Å². The van der Waals surface area contributed by atoms with Gasteiger partial charge in [-0.3, -0.25) is 10.1 Å². The van der Waals surface area contributed by atoms with Crippen LogP contribution in [0.1, 0.15) is 37.3 Å². The van der Waals surface area contributed by atoms with Crippen LogP contribution in [0.25, 0.3) is 50.0 Å². The van der Waals surface area contributed by atoms with Crippen molar-refractivity contribution >= 4 is 27.4 Å². The Morgan fingerprint density at radius 2 is 1.88 bits per heavy atom. The molecule has 0 unspecified atom stereocenters. The van der Waals surface area contributed by atoms with E-state index in [4.69, 9.17) is 5.73 Å². The lowest BCUT2D eigenvalue weighted by Crippen LogP contribution is -2.20. The van der Waals surface area contributed by atoms with Crippen molar-refractivity contribution in [2.45, 2.75) is 32.6 Å².